The van der Waals surface area contributed by atoms with Crippen molar-refractivity contribution < 1.29 is 75.4 Å². The Morgan fingerprint density at radius 1 is 0.589 bits per heavy atom. The van der Waals surface area contributed by atoms with Crippen LogP contribution in [0, 0.1) is 29.6 Å². The highest BCUT2D eigenvalue weighted by atomic mass is 35.5. The van der Waals surface area contributed by atoms with Gasteiger partial charge in [-0.15, -0.1) is 0 Å². The third-order valence-electron chi connectivity index (χ3n) is 23.8. The number of amides is 12. The number of nitrogens with one attached hydrogen (secondary N) is 3. The predicted molar refractivity (Wildman–Crippen MR) is 398 cm³/mol. The smallest absolute Gasteiger partial charge is 0.381 e. The molecule has 6 aliphatic rings. The maximum atomic E-state index is 16.0. The third kappa shape index (κ3) is 23.2. The minimum Gasteiger partial charge on any atom is -0.381 e. The zero-order valence-electron chi connectivity index (χ0n) is 65.5. The van der Waals surface area contributed by atoms with Crippen molar-refractivity contribution in [3.8, 4) is 0 Å². The second kappa shape index (κ2) is 40.0. The number of hydrogen-bond donors (Lipinski definition) is 3. The number of benzene rings is 1. The molecule has 7 rings (SSSR count). The molecular weight excluding hydrogens is 1410 g/mol. The molecular formula is C78H122ClF3N12O13. The van der Waals surface area contributed by atoms with Crippen LogP contribution in [-0.4, -0.2) is 265 Å². The number of halogens is 4. The first-order valence-electron chi connectivity index (χ1n) is 39.3. The van der Waals surface area contributed by atoms with Crippen molar-refractivity contribution in [2.75, 3.05) is 102 Å². The average Bonchev–Trinajstić information content (AvgIpc) is 1.47. The molecule has 107 heavy (non-hydrogen) atoms. The van der Waals surface area contributed by atoms with Gasteiger partial charge in [0.15, 0.2) is 0 Å². The summed E-state index contributed by atoms with van der Waals surface area (Å²) in [4.78, 5) is 193. The maximum absolute atomic E-state index is 16.0. The summed E-state index contributed by atoms with van der Waals surface area (Å²) in [5, 5.41) is 8.30. The highest BCUT2D eigenvalue weighted by molar-refractivity contribution is 6.31. The van der Waals surface area contributed by atoms with Crippen molar-refractivity contribution in [1.82, 2.24) is 60.0 Å². The molecule has 0 radical (unpaired) electrons. The lowest BCUT2D eigenvalue weighted by molar-refractivity contribution is -0.157. The second-order valence-electron chi connectivity index (χ2n) is 32.1. The number of nitrogens with zero attached hydrogens (tertiary/aromatic N) is 9. The van der Waals surface area contributed by atoms with Gasteiger partial charge in [-0.3, -0.25) is 57.5 Å². The molecule has 3 saturated heterocycles. The first-order valence-corrected chi connectivity index (χ1v) is 39.7. The van der Waals surface area contributed by atoms with Gasteiger partial charge < -0.3 is 64.8 Å². The van der Waals surface area contributed by atoms with Crippen LogP contribution in [0.25, 0.3) is 0 Å². The van der Waals surface area contributed by atoms with Crippen LogP contribution < -0.4 is 16.0 Å². The number of hydrogen-bond acceptors (Lipinski definition) is 13. The van der Waals surface area contributed by atoms with E-state index in [4.69, 9.17) is 16.3 Å². The minimum atomic E-state index is -4.77. The molecule has 3 heterocycles. The van der Waals surface area contributed by atoms with Crippen LogP contribution in [0.15, 0.2) is 18.2 Å². The lowest BCUT2D eigenvalue weighted by atomic mass is 9.81. The zero-order valence-corrected chi connectivity index (χ0v) is 66.3. The molecule has 3 N–H and O–H groups in total. The van der Waals surface area contributed by atoms with Gasteiger partial charge in [-0.2, -0.15) is 13.2 Å². The highest BCUT2D eigenvalue weighted by Crippen LogP contribution is 2.39. The number of likely N-dealkylation sites (tertiary alicyclic amines) is 1. The molecule has 3 aliphatic carbocycles. The molecule has 29 heteroatoms. The first-order chi connectivity index (χ1) is 50.6. The summed E-state index contributed by atoms with van der Waals surface area (Å²) in [6.07, 6.45) is 8.19. The van der Waals surface area contributed by atoms with Crippen molar-refractivity contribution in [3.63, 3.8) is 0 Å². The Labute approximate surface area is 636 Å². The normalized spacial score (nSPS) is 26.5. The fourth-order valence-electron chi connectivity index (χ4n) is 16.7. The number of alkyl halides is 3. The fraction of sp³-hybridized carbons (Fsp3) is 0.769. The maximum Gasteiger partial charge on any atom is 0.417 e. The second-order valence-corrected chi connectivity index (χ2v) is 32.5. The summed E-state index contributed by atoms with van der Waals surface area (Å²) in [5.41, 5.74) is -2.41. The Morgan fingerprint density at radius 3 is 1.78 bits per heavy atom. The quantitative estimate of drug-likeness (QED) is 0.163. The van der Waals surface area contributed by atoms with Crippen molar-refractivity contribution in [3.05, 3.63) is 34.3 Å². The van der Waals surface area contributed by atoms with Gasteiger partial charge in [0.05, 0.1) is 36.6 Å². The minimum absolute atomic E-state index is 0.00738. The van der Waals surface area contributed by atoms with Gasteiger partial charge in [-0.1, -0.05) is 116 Å². The number of carbonyl (C=O) groups is 12. The monoisotopic (exact) mass is 1530 g/mol. The molecule has 25 nitrogen and oxygen atoms in total. The Hall–Kier alpha value is -7.10. The topological polar surface area (TPSA) is 279 Å². The third-order valence-corrected chi connectivity index (χ3v) is 24.1. The summed E-state index contributed by atoms with van der Waals surface area (Å²) in [6.45, 7) is 7.34. The average molecular weight is 1530 g/mol. The van der Waals surface area contributed by atoms with Crippen LogP contribution in [-0.2, 0) is 74.9 Å². The summed E-state index contributed by atoms with van der Waals surface area (Å²) in [7, 11) is 11.5. The summed E-state index contributed by atoms with van der Waals surface area (Å²) in [6, 6.07) is -5.76. The van der Waals surface area contributed by atoms with Gasteiger partial charge >= 0.3 is 6.18 Å². The number of carbonyl (C=O) groups excluding carboxylic acids is 12. The number of ether oxygens (including phenoxy) is 1. The van der Waals surface area contributed by atoms with E-state index in [9.17, 15) is 41.9 Å². The SMILES string of the molecule is CC[C@H](C)[C@@H]1NC(=O)[C@H](CC(C)C)N(C)C(=O)C[C@@H](C(=O)N2CCCCC2)N(C)C(=O)[C@H](C2CCCCC2)N(C)C(=O)C2(CCCC2)NC(=O)[C@H](CCC2CCOCC2)N(C)C(=O)[C@H](CCc2ccc(C(F)(F)F)c(Cl)c2)NC(=O)CN(C)C(=O)[C@H](CC2CCCCC2)N(C)C(=O)CN(C)C(=O)CN(C)C1=O. The van der Waals surface area contributed by atoms with E-state index in [-0.39, 0.29) is 68.3 Å². The molecule has 0 bridgehead atoms. The van der Waals surface area contributed by atoms with E-state index in [2.05, 4.69) is 16.0 Å². The Balaban J connectivity index is 1.33. The Morgan fingerprint density at radius 2 is 1.18 bits per heavy atom. The number of piperidine rings is 1. The summed E-state index contributed by atoms with van der Waals surface area (Å²) >= 11 is 6.22. The van der Waals surface area contributed by atoms with Gasteiger partial charge in [0.25, 0.3) is 0 Å². The van der Waals surface area contributed by atoms with Gasteiger partial charge in [-0.05, 0) is 144 Å². The number of aryl methyl sites for hydroxylation is 1. The summed E-state index contributed by atoms with van der Waals surface area (Å²) < 4.78 is 47.7. The van der Waals surface area contributed by atoms with Crippen LogP contribution in [0.5, 0.6) is 0 Å². The van der Waals surface area contributed by atoms with Crippen LogP contribution in [0.3, 0.4) is 0 Å². The molecule has 3 aliphatic heterocycles. The Kier molecular flexibility index (Phi) is 32.6. The van der Waals surface area contributed by atoms with Crippen LogP contribution in [0.1, 0.15) is 206 Å². The molecule has 1 aromatic carbocycles. The molecule has 8 atom stereocenters. The lowest BCUT2D eigenvalue weighted by Gasteiger charge is -2.43. The largest absolute Gasteiger partial charge is 0.417 e. The van der Waals surface area contributed by atoms with Gasteiger partial charge in [0.1, 0.15) is 47.8 Å². The van der Waals surface area contributed by atoms with Crippen molar-refractivity contribution >= 4 is 82.5 Å². The standard InChI is InChI=1S/C78H122ClF3N12O13/c1-13-51(4)67-74(104)88(7)48-65(97)86(5)49-66(98)90(9)61(45-53-25-17-14-18-26-53)72(102)87(6)47-63(95)83-58(33-30-54-29-32-56(57(79)44-54)78(80,81)82)71(101)91(10)59(34-31-52-35-41-107-42-36-52)70(100)85-77(37-21-22-38-77)76(106)93(12)68(55-27-19-15-20-28-55)75(105)92(11)62(73(103)94-39-23-16-24-40-94)46-64(96)89(8)60(43-50(2)3)69(99)84-67/h29,32,44,50-53,55,58-62,67-68H,13-28,30-31,33-43,45-49H2,1-12H3,(H,83,95)(H,84,99)(H,85,100)/t51-,58-,59-,60-,61-,62-,67-,68-/m0/s1. The van der Waals surface area contributed by atoms with Gasteiger partial charge in [0, 0.05) is 82.7 Å². The molecule has 12 amide bonds. The van der Waals surface area contributed by atoms with E-state index in [1.807, 2.05) is 20.8 Å². The molecule has 0 aromatic heterocycles. The van der Waals surface area contributed by atoms with Crippen molar-refractivity contribution in [2.24, 2.45) is 29.6 Å². The lowest BCUT2D eigenvalue weighted by Crippen LogP contribution is -2.65. The van der Waals surface area contributed by atoms with E-state index in [1.165, 1.54) is 86.9 Å². The molecule has 600 valence electrons. The van der Waals surface area contributed by atoms with E-state index in [1.54, 1.807) is 11.8 Å². The molecule has 1 spiro atoms. The van der Waals surface area contributed by atoms with E-state index >= 15 is 28.8 Å². The van der Waals surface area contributed by atoms with Gasteiger partial charge in [0.2, 0.25) is 70.9 Å². The Bertz CT molecular complexity index is 3260. The van der Waals surface area contributed by atoms with E-state index < -0.39 is 173 Å². The first kappa shape index (κ1) is 87.1. The van der Waals surface area contributed by atoms with Crippen LogP contribution in [0.2, 0.25) is 5.02 Å². The zero-order chi connectivity index (χ0) is 78.8. The van der Waals surface area contributed by atoms with E-state index in [0.717, 1.165) is 84.6 Å². The van der Waals surface area contributed by atoms with E-state index in [0.29, 0.717) is 90.5 Å². The highest BCUT2D eigenvalue weighted by Gasteiger charge is 2.51. The summed E-state index contributed by atoms with van der Waals surface area (Å²) in [5.74, 6) is -8.81. The number of likely N-dealkylation sites (N-methyl/N-ethyl adjacent to an activating group) is 8. The fourth-order valence-corrected chi connectivity index (χ4v) is 17.0. The molecule has 3 saturated carbocycles. The predicted octanol–water partition coefficient (Wildman–Crippen LogP) is 7.47. The number of rotatable bonds is 14. The molecule has 1 aromatic rings. The van der Waals surface area contributed by atoms with Gasteiger partial charge in [-0.25, -0.2) is 0 Å². The van der Waals surface area contributed by atoms with Crippen molar-refractivity contribution in [1.29, 1.82) is 0 Å². The van der Waals surface area contributed by atoms with Crippen LogP contribution >= 0.6 is 11.6 Å². The van der Waals surface area contributed by atoms with Crippen molar-refractivity contribution in [2.45, 2.75) is 255 Å². The molecule has 0 unspecified atom stereocenters. The molecule has 6 fully saturated rings. The van der Waals surface area contributed by atoms with Crippen LogP contribution in [0.4, 0.5) is 13.2 Å².